The van der Waals surface area contributed by atoms with E-state index in [4.69, 9.17) is 14.2 Å². The molecule has 0 aromatic heterocycles. The van der Waals surface area contributed by atoms with Crippen LogP contribution in [0.15, 0.2) is 18.2 Å². The standard InChI is InChI=1S/C15H20O4/c1-4-10(2)19-12-5-6-13-11(7-15(16)17-3)9-18-14(13)8-12/h5-6,8,10-11H,4,7,9H2,1-3H3. The lowest BCUT2D eigenvalue weighted by Gasteiger charge is -2.13. The normalized spacial score (nSPS) is 18.4. The number of benzene rings is 1. The molecular formula is C15H20O4. The number of methoxy groups -OCH3 is 1. The molecule has 0 saturated heterocycles. The zero-order chi connectivity index (χ0) is 13.8. The summed E-state index contributed by atoms with van der Waals surface area (Å²) < 4.78 is 16.1. The molecule has 1 aliphatic rings. The van der Waals surface area contributed by atoms with Gasteiger partial charge in [-0.2, -0.15) is 0 Å². The summed E-state index contributed by atoms with van der Waals surface area (Å²) in [5.74, 6) is 1.50. The van der Waals surface area contributed by atoms with Crippen molar-refractivity contribution in [2.24, 2.45) is 0 Å². The van der Waals surface area contributed by atoms with Crippen LogP contribution in [0.4, 0.5) is 0 Å². The highest BCUT2D eigenvalue weighted by molar-refractivity contribution is 5.71. The van der Waals surface area contributed by atoms with Crippen molar-refractivity contribution in [1.82, 2.24) is 0 Å². The summed E-state index contributed by atoms with van der Waals surface area (Å²) in [7, 11) is 1.40. The van der Waals surface area contributed by atoms with Crippen LogP contribution in [0.2, 0.25) is 0 Å². The van der Waals surface area contributed by atoms with Gasteiger partial charge in [0.1, 0.15) is 11.5 Å². The molecular weight excluding hydrogens is 244 g/mol. The second-order valence-corrected chi connectivity index (χ2v) is 4.82. The Morgan fingerprint density at radius 2 is 2.32 bits per heavy atom. The summed E-state index contributed by atoms with van der Waals surface area (Å²) in [6.07, 6.45) is 1.50. The maximum atomic E-state index is 11.3. The minimum Gasteiger partial charge on any atom is -0.492 e. The van der Waals surface area contributed by atoms with E-state index in [0.29, 0.717) is 13.0 Å². The summed E-state index contributed by atoms with van der Waals surface area (Å²) in [4.78, 5) is 11.3. The third-order valence-corrected chi connectivity index (χ3v) is 3.42. The van der Waals surface area contributed by atoms with Gasteiger partial charge in [-0.3, -0.25) is 4.79 Å². The first kappa shape index (κ1) is 13.7. The van der Waals surface area contributed by atoms with Crippen molar-refractivity contribution in [3.8, 4) is 11.5 Å². The number of hydrogen-bond acceptors (Lipinski definition) is 4. The summed E-state index contributed by atoms with van der Waals surface area (Å²) in [6, 6.07) is 5.82. The van der Waals surface area contributed by atoms with Crippen molar-refractivity contribution in [3.05, 3.63) is 23.8 Å². The Balaban J connectivity index is 2.09. The predicted molar refractivity (Wildman–Crippen MR) is 71.7 cm³/mol. The van der Waals surface area contributed by atoms with Gasteiger partial charge >= 0.3 is 5.97 Å². The second kappa shape index (κ2) is 5.95. The predicted octanol–water partition coefficient (Wildman–Crippen LogP) is 2.90. The number of esters is 1. The highest BCUT2D eigenvalue weighted by atomic mass is 16.5. The molecule has 1 heterocycles. The van der Waals surface area contributed by atoms with E-state index in [1.54, 1.807) is 0 Å². The van der Waals surface area contributed by atoms with Crippen LogP contribution < -0.4 is 9.47 Å². The molecule has 0 amide bonds. The van der Waals surface area contributed by atoms with E-state index in [9.17, 15) is 4.79 Å². The molecule has 1 aliphatic heterocycles. The van der Waals surface area contributed by atoms with E-state index in [2.05, 4.69) is 6.92 Å². The first-order chi connectivity index (χ1) is 9.13. The number of hydrogen-bond donors (Lipinski definition) is 0. The lowest BCUT2D eigenvalue weighted by molar-refractivity contribution is -0.141. The first-order valence-corrected chi connectivity index (χ1v) is 6.64. The molecule has 0 saturated carbocycles. The third kappa shape index (κ3) is 3.19. The van der Waals surface area contributed by atoms with E-state index < -0.39 is 0 Å². The molecule has 19 heavy (non-hydrogen) atoms. The minimum absolute atomic E-state index is 0.0834. The molecule has 0 N–H and O–H groups in total. The zero-order valence-electron chi connectivity index (χ0n) is 11.6. The fraction of sp³-hybridized carbons (Fsp3) is 0.533. The highest BCUT2D eigenvalue weighted by Crippen LogP contribution is 2.38. The molecule has 1 aromatic carbocycles. The SMILES string of the molecule is CCC(C)Oc1ccc2c(c1)OCC2CC(=O)OC. The summed E-state index contributed by atoms with van der Waals surface area (Å²) in [5, 5.41) is 0. The van der Waals surface area contributed by atoms with Crippen LogP contribution in [-0.4, -0.2) is 25.8 Å². The van der Waals surface area contributed by atoms with Gasteiger partial charge in [0.05, 0.1) is 26.2 Å². The summed E-state index contributed by atoms with van der Waals surface area (Å²) >= 11 is 0. The van der Waals surface area contributed by atoms with E-state index in [1.165, 1.54) is 7.11 Å². The van der Waals surface area contributed by atoms with Gasteiger partial charge in [-0.25, -0.2) is 0 Å². The van der Waals surface area contributed by atoms with Crippen LogP contribution in [0.5, 0.6) is 11.5 Å². The number of rotatable bonds is 5. The summed E-state index contributed by atoms with van der Waals surface area (Å²) in [5.41, 5.74) is 1.06. The van der Waals surface area contributed by atoms with Crippen molar-refractivity contribution < 1.29 is 19.0 Å². The molecule has 0 bridgehead atoms. The van der Waals surface area contributed by atoms with Crippen molar-refractivity contribution in [2.75, 3.05) is 13.7 Å². The van der Waals surface area contributed by atoms with Gasteiger partial charge in [0.2, 0.25) is 0 Å². The van der Waals surface area contributed by atoms with E-state index in [-0.39, 0.29) is 18.0 Å². The van der Waals surface area contributed by atoms with Crippen LogP contribution in [0.3, 0.4) is 0 Å². The van der Waals surface area contributed by atoms with Gasteiger partial charge in [0.25, 0.3) is 0 Å². The fourth-order valence-corrected chi connectivity index (χ4v) is 2.10. The van der Waals surface area contributed by atoms with E-state index in [0.717, 1.165) is 23.5 Å². The maximum Gasteiger partial charge on any atom is 0.306 e. The van der Waals surface area contributed by atoms with Gasteiger partial charge in [-0.1, -0.05) is 13.0 Å². The molecule has 0 fully saturated rings. The topological polar surface area (TPSA) is 44.8 Å². The molecule has 104 valence electrons. The van der Waals surface area contributed by atoms with Gasteiger partial charge in [-0.15, -0.1) is 0 Å². The van der Waals surface area contributed by atoms with E-state index in [1.807, 2.05) is 25.1 Å². The number of fused-ring (bicyclic) bond motifs is 1. The lowest BCUT2D eigenvalue weighted by Crippen LogP contribution is -2.10. The lowest BCUT2D eigenvalue weighted by atomic mass is 9.98. The molecule has 4 heteroatoms. The van der Waals surface area contributed by atoms with Gasteiger partial charge in [0.15, 0.2) is 0 Å². The molecule has 0 aliphatic carbocycles. The second-order valence-electron chi connectivity index (χ2n) is 4.82. The molecule has 2 rings (SSSR count). The van der Waals surface area contributed by atoms with Crippen LogP contribution in [0.25, 0.3) is 0 Å². The highest BCUT2D eigenvalue weighted by Gasteiger charge is 2.27. The molecule has 4 nitrogen and oxygen atoms in total. The molecule has 2 unspecified atom stereocenters. The number of ether oxygens (including phenoxy) is 3. The first-order valence-electron chi connectivity index (χ1n) is 6.64. The number of carbonyl (C=O) groups excluding carboxylic acids is 1. The molecule has 2 atom stereocenters. The average Bonchev–Trinajstić information content (AvgIpc) is 2.81. The quantitative estimate of drug-likeness (QED) is 0.767. The Morgan fingerprint density at radius 3 is 3.00 bits per heavy atom. The Bertz CT molecular complexity index is 455. The van der Waals surface area contributed by atoms with Crippen molar-refractivity contribution in [2.45, 2.75) is 38.7 Å². The van der Waals surface area contributed by atoms with Crippen molar-refractivity contribution >= 4 is 5.97 Å². The van der Waals surface area contributed by atoms with Gasteiger partial charge in [-0.05, 0) is 19.4 Å². The summed E-state index contributed by atoms with van der Waals surface area (Å²) in [6.45, 7) is 4.65. The van der Waals surface area contributed by atoms with Gasteiger partial charge < -0.3 is 14.2 Å². The van der Waals surface area contributed by atoms with Gasteiger partial charge in [0, 0.05) is 17.5 Å². The van der Waals surface area contributed by atoms with Crippen LogP contribution in [0.1, 0.15) is 38.2 Å². The Labute approximate surface area is 113 Å². The fourth-order valence-electron chi connectivity index (χ4n) is 2.10. The smallest absolute Gasteiger partial charge is 0.306 e. The Kier molecular flexibility index (Phi) is 4.30. The molecule has 1 aromatic rings. The molecule has 0 spiro atoms. The third-order valence-electron chi connectivity index (χ3n) is 3.42. The van der Waals surface area contributed by atoms with Crippen molar-refractivity contribution in [3.63, 3.8) is 0 Å². The zero-order valence-corrected chi connectivity index (χ0v) is 11.6. The average molecular weight is 264 g/mol. The largest absolute Gasteiger partial charge is 0.492 e. The number of carbonyl (C=O) groups is 1. The Hall–Kier alpha value is -1.71. The Morgan fingerprint density at radius 1 is 1.53 bits per heavy atom. The van der Waals surface area contributed by atoms with Crippen LogP contribution >= 0.6 is 0 Å². The monoisotopic (exact) mass is 264 g/mol. The molecule has 0 radical (unpaired) electrons. The van der Waals surface area contributed by atoms with Crippen molar-refractivity contribution in [1.29, 1.82) is 0 Å². The van der Waals surface area contributed by atoms with Crippen LogP contribution in [-0.2, 0) is 9.53 Å². The van der Waals surface area contributed by atoms with E-state index >= 15 is 0 Å². The maximum absolute atomic E-state index is 11.3. The minimum atomic E-state index is -0.207. The van der Waals surface area contributed by atoms with Crippen LogP contribution in [0, 0.1) is 0 Å².